The van der Waals surface area contributed by atoms with Crippen molar-refractivity contribution in [3.8, 4) is 5.88 Å². The van der Waals surface area contributed by atoms with Crippen molar-refractivity contribution in [1.29, 1.82) is 0 Å². The molecule has 1 aromatic carbocycles. The number of benzene rings is 1. The number of hydrogen-bond acceptors (Lipinski definition) is 6. The summed E-state index contributed by atoms with van der Waals surface area (Å²) < 4.78 is 41.8. The molecule has 0 saturated heterocycles. The predicted molar refractivity (Wildman–Crippen MR) is 76.1 cm³/mol. The summed E-state index contributed by atoms with van der Waals surface area (Å²) in [5, 5.41) is 2.79. The lowest BCUT2D eigenvalue weighted by Crippen LogP contribution is -2.03. The molecule has 0 radical (unpaired) electrons. The molecule has 1 aromatic heterocycles. The predicted octanol–water partition coefficient (Wildman–Crippen LogP) is 2.08. The van der Waals surface area contributed by atoms with Crippen LogP contribution in [0.5, 0.6) is 5.88 Å². The average molecular weight is 311 g/mol. The van der Waals surface area contributed by atoms with Gasteiger partial charge in [-0.15, -0.1) is 0 Å². The summed E-state index contributed by atoms with van der Waals surface area (Å²) in [5.74, 6) is 0.0726. The molecule has 0 fully saturated rings. The van der Waals surface area contributed by atoms with E-state index in [1.165, 1.54) is 25.6 Å². The summed E-state index contributed by atoms with van der Waals surface area (Å²) >= 11 is 0. The van der Waals surface area contributed by atoms with Gasteiger partial charge in [0, 0.05) is 6.26 Å². The molecule has 0 amide bonds. The van der Waals surface area contributed by atoms with Gasteiger partial charge in [-0.1, -0.05) is 0 Å². The zero-order chi connectivity index (χ0) is 15.6. The number of nitrogens with one attached hydrogen (secondary N) is 1. The Hall–Kier alpha value is -2.22. The zero-order valence-corrected chi connectivity index (χ0v) is 12.5. The van der Waals surface area contributed by atoms with Crippen LogP contribution in [0.2, 0.25) is 0 Å². The van der Waals surface area contributed by atoms with E-state index in [0.29, 0.717) is 17.3 Å². The molecule has 112 valence electrons. The number of nitrogens with zero attached hydrogens (tertiary/aromatic N) is 2. The van der Waals surface area contributed by atoms with Crippen LogP contribution in [0.4, 0.5) is 15.9 Å². The van der Waals surface area contributed by atoms with Crippen LogP contribution in [-0.4, -0.2) is 31.8 Å². The monoisotopic (exact) mass is 311 g/mol. The van der Waals surface area contributed by atoms with Gasteiger partial charge in [-0.3, -0.25) is 0 Å². The minimum Gasteiger partial charge on any atom is -0.481 e. The third kappa shape index (κ3) is 3.27. The molecule has 6 nitrogen and oxygen atoms in total. The Labute approximate surface area is 121 Å². The van der Waals surface area contributed by atoms with E-state index in [-0.39, 0.29) is 10.6 Å². The highest BCUT2D eigenvalue weighted by Crippen LogP contribution is 2.26. The Kier molecular flexibility index (Phi) is 4.08. The lowest BCUT2D eigenvalue weighted by molar-refractivity contribution is 0.394. The molecule has 8 heteroatoms. The summed E-state index contributed by atoms with van der Waals surface area (Å²) in [5.41, 5.74) is 0.734. The molecule has 0 bridgehead atoms. The number of sulfone groups is 1. The van der Waals surface area contributed by atoms with E-state index in [4.69, 9.17) is 4.74 Å². The minimum atomic E-state index is -3.45. The van der Waals surface area contributed by atoms with Crippen molar-refractivity contribution < 1.29 is 17.5 Å². The quantitative estimate of drug-likeness (QED) is 0.931. The van der Waals surface area contributed by atoms with E-state index in [1.54, 1.807) is 6.92 Å². The number of anilines is 2. The molecule has 1 heterocycles. The van der Waals surface area contributed by atoms with Crippen LogP contribution in [-0.2, 0) is 9.84 Å². The van der Waals surface area contributed by atoms with Crippen LogP contribution >= 0.6 is 0 Å². The van der Waals surface area contributed by atoms with Crippen LogP contribution in [0.3, 0.4) is 0 Å². The maximum atomic E-state index is 14.0. The summed E-state index contributed by atoms with van der Waals surface area (Å²) in [4.78, 5) is 7.85. The minimum absolute atomic E-state index is 0.0810. The van der Waals surface area contributed by atoms with E-state index in [9.17, 15) is 12.8 Å². The number of aromatic nitrogens is 2. The number of ether oxygens (including phenoxy) is 1. The third-order valence-electron chi connectivity index (χ3n) is 2.85. The molecule has 0 aliphatic heterocycles. The highest BCUT2D eigenvalue weighted by atomic mass is 32.2. The molecule has 0 atom stereocenters. The maximum absolute atomic E-state index is 14.0. The Morgan fingerprint density at radius 2 is 2.00 bits per heavy atom. The first-order valence-corrected chi connectivity index (χ1v) is 7.84. The van der Waals surface area contributed by atoms with Gasteiger partial charge in [-0.2, -0.15) is 0 Å². The molecular weight excluding hydrogens is 297 g/mol. The SMILES string of the molecule is COc1ncnc(Nc2ccc(S(C)(=O)=O)cc2F)c1C. The van der Waals surface area contributed by atoms with Crippen molar-refractivity contribution in [2.75, 3.05) is 18.7 Å². The molecule has 2 rings (SSSR count). The van der Waals surface area contributed by atoms with Crippen molar-refractivity contribution in [1.82, 2.24) is 9.97 Å². The molecule has 0 aliphatic rings. The Bertz CT molecular complexity index is 778. The smallest absolute Gasteiger partial charge is 0.221 e. The molecule has 0 unspecified atom stereocenters. The zero-order valence-electron chi connectivity index (χ0n) is 11.7. The normalized spacial score (nSPS) is 11.2. The highest BCUT2D eigenvalue weighted by Gasteiger charge is 2.13. The molecule has 1 N–H and O–H groups in total. The standard InChI is InChI=1S/C13H14FN3O3S/c1-8-12(15-7-16-13(8)20-2)17-11-5-4-9(6-10(11)14)21(3,18)19/h4-7H,1-3H3,(H,15,16,17). The molecule has 21 heavy (non-hydrogen) atoms. The van der Waals surface area contributed by atoms with Crippen molar-refractivity contribution in [3.05, 3.63) is 35.9 Å². The second-order valence-corrected chi connectivity index (χ2v) is 6.41. The van der Waals surface area contributed by atoms with Crippen LogP contribution in [0, 0.1) is 12.7 Å². The fourth-order valence-corrected chi connectivity index (χ4v) is 2.35. The van der Waals surface area contributed by atoms with Crippen molar-refractivity contribution in [3.63, 3.8) is 0 Å². The van der Waals surface area contributed by atoms with Crippen LogP contribution in [0.15, 0.2) is 29.4 Å². The largest absolute Gasteiger partial charge is 0.481 e. The van der Waals surface area contributed by atoms with Crippen molar-refractivity contribution in [2.45, 2.75) is 11.8 Å². The van der Waals surface area contributed by atoms with Gasteiger partial charge in [0.2, 0.25) is 5.88 Å². The second-order valence-electron chi connectivity index (χ2n) is 4.40. The van der Waals surface area contributed by atoms with Gasteiger partial charge in [-0.25, -0.2) is 22.8 Å². The topological polar surface area (TPSA) is 81.2 Å². The molecular formula is C13H14FN3O3S. The fraction of sp³-hybridized carbons (Fsp3) is 0.231. The van der Waals surface area contributed by atoms with Crippen LogP contribution in [0.25, 0.3) is 0 Å². The van der Waals surface area contributed by atoms with Gasteiger partial charge >= 0.3 is 0 Å². The fourth-order valence-electron chi connectivity index (χ4n) is 1.72. The molecule has 0 aliphatic carbocycles. The summed E-state index contributed by atoms with van der Waals surface area (Å²) in [7, 11) is -1.97. The third-order valence-corrected chi connectivity index (χ3v) is 3.96. The van der Waals surface area contributed by atoms with E-state index in [2.05, 4.69) is 15.3 Å². The van der Waals surface area contributed by atoms with E-state index in [0.717, 1.165) is 12.3 Å². The number of methoxy groups -OCH3 is 1. The van der Waals surface area contributed by atoms with Gasteiger partial charge in [-0.05, 0) is 25.1 Å². The van der Waals surface area contributed by atoms with E-state index in [1.807, 2.05) is 0 Å². The Morgan fingerprint density at radius 1 is 1.29 bits per heavy atom. The van der Waals surface area contributed by atoms with Crippen molar-refractivity contribution in [2.24, 2.45) is 0 Å². The summed E-state index contributed by atoms with van der Waals surface area (Å²) in [6.07, 6.45) is 2.31. The average Bonchev–Trinajstić information content (AvgIpc) is 2.42. The van der Waals surface area contributed by atoms with Crippen LogP contribution < -0.4 is 10.1 Å². The lowest BCUT2D eigenvalue weighted by atomic mass is 10.2. The second kappa shape index (κ2) is 5.65. The van der Waals surface area contributed by atoms with Gasteiger partial charge < -0.3 is 10.1 Å². The summed E-state index contributed by atoms with van der Waals surface area (Å²) in [6.45, 7) is 1.73. The van der Waals surface area contributed by atoms with E-state index >= 15 is 0 Å². The first kappa shape index (κ1) is 15.2. The van der Waals surface area contributed by atoms with Crippen molar-refractivity contribution >= 4 is 21.3 Å². The molecule has 2 aromatic rings. The van der Waals surface area contributed by atoms with Gasteiger partial charge in [0.05, 0.1) is 23.3 Å². The van der Waals surface area contributed by atoms with Crippen LogP contribution in [0.1, 0.15) is 5.56 Å². The van der Waals surface area contributed by atoms with E-state index < -0.39 is 15.7 Å². The Balaban J connectivity index is 2.37. The number of rotatable bonds is 4. The summed E-state index contributed by atoms with van der Waals surface area (Å²) in [6, 6.07) is 3.64. The lowest BCUT2D eigenvalue weighted by Gasteiger charge is -2.11. The van der Waals surface area contributed by atoms with Gasteiger partial charge in [0.1, 0.15) is 18.0 Å². The molecule has 0 spiro atoms. The first-order valence-electron chi connectivity index (χ1n) is 5.95. The maximum Gasteiger partial charge on any atom is 0.221 e. The number of hydrogen-bond donors (Lipinski definition) is 1. The Morgan fingerprint density at radius 3 is 2.57 bits per heavy atom. The van der Waals surface area contributed by atoms with Gasteiger partial charge in [0.15, 0.2) is 9.84 Å². The highest BCUT2D eigenvalue weighted by molar-refractivity contribution is 7.90. The van der Waals surface area contributed by atoms with Gasteiger partial charge in [0.25, 0.3) is 0 Å². The number of halogens is 1. The first-order chi connectivity index (χ1) is 9.82. The molecule has 0 saturated carbocycles.